The number of benzene rings is 1. The van der Waals surface area contributed by atoms with E-state index >= 15 is 0 Å². The summed E-state index contributed by atoms with van der Waals surface area (Å²) in [6.07, 6.45) is -0.226. The molecule has 1 atom stereocenters. The fourth-order valence-electron chi connectivity index (χ4n) is 1.64. The largest absolute Gasteiger partial charge is 0.493 e. The van der Waals surface area contributed by atoms with Crippen molar-refractivity contribution in [2.24, 2.45) is 5.73 Å². The van der Waals surface area contributed by atoms with Gasteiger partial charge in [-0.1, -0.05) is 11.6 Å². The molecule has 5 nitrogen and oxygen atoms in total. The summed E-state index contributed by atoms with van der Waals surface area (Å²) in [6, 6.07) is 2.53. The molecule has 3 N–H and O–H groups in total. The van der Waals surface area contributed by atoms with Crippen molar-refractivity contribution in [3.8, 4) is 11.5 Å². The van der Waals surface area contributed by atoms with Crippen molar-refractivity contribution in [2.45, 2.75) is 32.4 Å². The Bertz CT molecular complexity index is 462. The molecule has 1 unspecified atom stereocenters. The van der Waals surface area contributed by atoms with Gasteiger partial charge in [0.15, 0.2) is 11.5 Å². The van der Waals surface area contributed by atoms with Gasteiger partial charge in [-0.05, 0) is 25.5 Å². The minimum atomic E-state index is -0.981. The fourth-order valence-corrected chi connectivity index (χ4v) is 1.93. The third kappa shape index (κ3) is 4.29. The normalized spacial score (nSPS) is 12.3. The molecule has 6 heteroatoms. The molecule has 0 aliphatic carbocycles. The number of nitrogens with two attached hydrogens (primary N) is 1. The van der Waals surface area contributed by atoms with E-state index in [1.807, 2.05) is 13.8 Å². The van der Waals surface area contributed by atoms with Gasteiger partial charge in [0.2, 0.25) is 0 Å². The lowest BCUT2D eigenvalue weighted by Gasteiger charge is -2.18. The SMILES string of the molecule is COc1cc(C(N)CC(=O)O)c(Cl)cc1OC(C)C. The monoisotopic (exact) mass is 287 g/mol. The zero-order valence-corrected chi connectivity index (χ0v) is 11.9. The van der Waals surface area contributed by atoms with E-state index in [2.05, 4.69) is 0 Å². The summed E-state index contributed by atoms with van der Waals surface area (Å²) >= 11 is 6.11. The second kappa shape index (κ2) is 6.63. The van der Waals surface area contributed by atoms with Crippen LogP contribution < -0.4 is 15.2 Å². The second-order valence-electron chi connectivity index (χ2n) is 4.40. The first-order valence-electron chi connectivity index (χ1n) is 5.86. The first-order valence-corrected chi connectivity index (χ1v) is 6.24. The maximum absolute atomic E-state index is 10.7. The van der Waals surface area contributed by atoms with Crippen LogP contribution in [0.3, 0.4) is 0 Å². The highest BCUT2D eigenvalue weighted by Gasteiger charge is 2.18. The van der Waals surface area contributed by atoms with Gasteiger partial charge in [-0.25, -0.2) is 0 Å². The summed E-state index contributed by atoms with van der Waals surface area (Å²) in [6.45, 7) is 3.77. The number of rotatable bonds is 6. The molecule has 106 valence electrons. The van der Waals surface area contributed by atoms with Crippen LogP contribution in [0, 0.1) is 0 Å². The Hall–Kier alpha value is -1.46. The van der Waals surface area contributed by atoms with E-state index < -0.39 is 12.0 Å². The Labute approximate surface area is 117 Å². The highest BCUT2D eigenvalue weighted by atomic mass is 35.5. The quantitative estimate of drug-likeness (QED) is 0.840. The predicted molar refractivity (Wildman–Crippen MR) is 72.9 cm³/mol. The van der Waals surface area contributed by atoms with Gasteiger partial charge < -0.3 is 20.3 Å². The lowest BCUT2D eigenvalue weighted by molar-refractivity contribution is -0.137. The third-order valence-corrected chi connectivity index (χ3v) is 2.77. The van der Waals surface area contributed by atoms with E-state index in [4.69, 9.17) is 31.9 Å². The van der Waals surface area contributed by atoms with E-state index in [1.54, 1.807) is 12.1 Å². The second-order valence-corrected chi connectivity index (χ2v) is 4.80. The number of carbonyl (C=O) groups is 1. The number of hydrogen-bond donors (Lipinski definition) is 2. The number of carboxylic acid groups (broad SMARTS) is 1. The van der Waals surface area contributed by atoms with Gasteiger partial charge in [0.05, 0.1) is 19.6 Å². The van der Waals surface area contributed by atoms with Gasteiger partial charge in [0, 0.05) is 17.1 Å². The Morgan fingerprint density at radius 1 is 1.42 bits per heavy atom. The van der Waals surface area contributed by atoms with Crippen LogP contribution in [0.4, 0.5) is 0 Å². The number of aliphatic carboxylic acids is 1. The van der Waals surface area contributed by atoms with E-state index in [0.29, 0.717) is 22.1 Å². The topological polar surface area (TPSA) is 81.8 Å². The zero-order valence-electron chi connectivity index (χ0n) is 11.1. The highest BCUT2D eigenvalue weighted by Crippen LogP contribution is 2.36. The van der Waals surface area contributed by atoms with Crippen molar-refractivity contribution < 1.29 is 19.4 Å². The van der Waals surface area contributed by atoms with Gasteiger partial charge in [-0.3, -0.25) is 4.79 Å². The van der Waals surface area contributed by atoms with Crippen LogP contribution in [0.5, 0.6) is 11.5 Å². The molecule has 0 aliphatic rings. The predicted octanol–water partition coefficient (Wildman–Crippen LogP) is 2.61. The van der Waals surface area contributed by atoms with Crippen LogP contribution in [0.15, 0.2) is 12.1 Å². The van der Waals surface area contributed by atoms with E-state index in [0.717, 1.165) is 0 Å². The first-order chi connectivity index (χ1) is 8.85. The average molecular weight is 288 g/mol. The molecule has 0 saturated carbocycles. The van der Waals surface area contributed by atoms with E-state index in [9.17, 15) is 4.79 Å². The smallest absolute Gasteiger partial charge is 0.305 e. The molecule has 0 saturated heterocycles. The average Bonchev–Trinajstić information content (AvgIpc) is 2.27. The van der Waals surface area contributed by atoms with Gasteiger partial charge in [-0.15, -0.1) is 0 Å². The maximum atomic E-state index is 10.7. The molecule has 0 aromatic heterocycles. The summed E-state index contributed by atoms with van der Waals surface area (Å²) < 4.78 is 10.8. The number of carboxylic acids is 1. The summed E-state index contributed by atoms with van der Waals surface area (Å²) in [4.78, 5) is 10.7. The van der Waals surface area contributed by atoms with Crippen molar-refractivity contribution >= 4 is 17.6 Å². The Morgan fingerprint density at radius 3 is 2.53 bits per heavy atom. The maximum Gasteiger partial charge on any atom is 0.305 e. The molecule has 0 amide bonds. The summed E-state index contributed by atoms with van der Waals surface area (Å²) in [7, 11) is 1.50. The molecule has 19 heavy (non-hydrogen) atoms. The van der Waals surface area contributed by atoms with Crippen molar-refractivity contribution in [1.29, 1.82) is 0 Å². The van der Waals surface area contributed by atoms with Crippen LogP contribution in [-0.2, 0) is 4.79 Å². The van der Waals surface area contributed by atoms with Crippen LogP contribution in [0.25, 0.3) is 0 Å². The third-order valence-electron chi connectivity index (χ3n) is 2.44. The molecule has 0 heterocycles. The molecule has 1 aromatic carbocycles. The van der Waals surface area contributed by atoms with Crippen molar-refractivity contribution in [3.63, 3.8) is 0 Å². The van der Waals surface area contributed by atoms with Crippen molar-refractivity contribution in [2.75, 3.05) is 7.11 Å². The van der Waals surface area contributed by atoms with Crippen LogP contribution in [-0.4, -0.2) is 24.3 Å². The molecule has 1 rings (SSSR count). The first kappa shape index (κ1) is 15.6. The highest BCUT2D eigenvalue weighted by molar-refractivity contribution is 6.31. The molecule has 0 bridgehead atoms. The van der Waals surface area contributed by atoms with Crippen LogP contribution in [0.1, 0.15) is 31.9 Å². The minimum absolute atomic E-state index is 0.0245. The Morgan fingerprint density at radius 2 is 2.05 bits per heavy atom. The van der Waals surface area contributed by atoms with Crippen LogP contribution in [0.2, 0.25) is 5.02 Å². The Kier molecular flexibility index (Phi) is 5.44. The minimum Gasteiger partial charge on any atom is -0.493 e. The fraction of sp³-hybridized carbons (Fsp3) is 0.462. The molecule has 1 aromatic rings. The van der Waals surface area contributed by atoms with Gasteiger partial charge in [0.1, 0.15) is 0 Å². The van der Waals surface area contributed by atoms with Gasteiger partial charge in [0.25, 0.3) is 0 Å². The Balaban J connectivity index is 3.11. The molecule has 0 aliphatic heterocycles. The molecule has 0 fully saturated rings. The summed E-state index contributed by atoms with van der Waals surface area (Å²) in [5, 5.41) is 9.12. The summed E-state index contributed by atoms with van der Waals surface area (Å²) in [5.41, 5.74) is 6.34. The van der Waals surface area contributed by atoms with E-state index in [-0.39, 0.29) is 12.5 Å². The summed E-state index contributed by atoms with van der Waals surface area (Å²) in [5.74, 6) is 0.00718. The molecule has 0 spiro atoms. The van der Waals surface area contributed by atoms with Gasteiger partial charge >= 0.3 is 5.97 Å². The van der Waals surface area contributed by atoms with Crippen molar-refractivity contribution in [1.82, 2.24) is 0 Å². The number of methoxy groups -OCH3 is 1. The zero-order chi connectivity index (χ0) is 14.6. The number of ether oxygens (including phenoxy) is 2. The number of hydrogen-bond acceptors (Lipinski definition) is 4. The lowest BCUT2D eigenvalue weighted by Crippen LogP contribution is -2.16. The molecule has 0 radical (unpaired) electrons. The van der Waals surface area contributed by atoms with Crippen LogP contribution >= 0.6 is 11.6 Å². The van der Waals surface area contributed by atoms with E-state index in [1.165, 1.54) is 7.11 Å². The molecular weight excluding hydrogens is 270 g/mol. The lowest BCUT2D eigenvalue weighted by atomic mass is 10.0. The van der Waals surface area contributed by atoms with Crippen molar-refractivity contribution in [3.05, 3.63) is 22.7 Å². The molecular formula is C13H18ClNO4. The number of halogens is 1. The standard InChI is InChI=1S/C13H18ClNO4/c1-7(2)19-12-5-9(14)8(4-11(12)18-3)10(15)6-13(16)17/h4-5,7,10H,6,15H2,1-3H3,(H,16,17). The van der Waals surface area contributed by atoms with Gasteiger partial charge in [-0.2, -0.15) is 0 Å².